The highest BCUT2D eigenvalue weighted by atomic mass is 14.5. The SMILES string of the molecule is CCCCC(CC)(CCN)CC(C)C. The van der Waals surface area contributed by atoms with Crippen molar-refractivity contribution in [2.24, 2.45) is 17.1 Å². The Bertz CT molecular complexity index is 131. The maximum Gasteiger partial charge on any atom is -0.00720 e. The number of hydrogen-bond donors (Lipinski definition) is 1. The Labute approximate surface area is 90.5 Å². The smallest absolute Gasteiger partial charge is 0.00720 e. The molecule has 1 atom stereocenters. The normalized spacial score (nSPS) is 15.9. The van der Waals surface area contributed by atoms with Crippen molar-refractivity contribution in [3.05, 3.63) is 0 Å². The van der Waals surface area contributed by atoms with Crippen molar-refractivity contribution in [2.75, 3.05) is 6.54 Å². The highest BCUT2D eigenvalue weighted by Crippen LogP contribution is 2.38. The molecule has 0 rings (SSSR count). The molecule has 0 amide bonds. The van der Waals surface area contributed by atoms with Gasteiger partial charge in [-0.1, -0.05) is 47.0 Å². The van der Waals surface area contributed by atoms with Crippen LogP contribution in [0, 0.1) is 11.3 Å². The third-order valence-corrected chi connectivity index (χ3v) is 3.33. The summed E-state index contributed by atoms with van der Waals surface area (Å²) >= 11 is 0. The van der Waals surface area contributed by atoms with Gasteiger partial charge in [0.1, 0.15) is 0 Å². The van der Waals surface area contributed by atoms with E-state index in [1.807, 2.05) is 0 Å². The summed E-state index contributed by atoms with van der Waals surface area (Å²) < 4.78 is 0. The van der Waals surface area contributed by atoms with Gasteiger partial charge in [0, 0.05) is 0 Å². The van der Waals surface area contributed by atoms with Crippen LogP contribution >= 0.6 is 0 Å². The molecule has 0 radical (unpaired) electrons. The van der Waals surface area contributed by atoms with E-state index in [0.717, 1.165) is 12.5 Å². The molecule has 14 heavy (non-hydrogen) atoms. The largest absolute Gasteiger partial charge is 0.330 e. The van der Waals surface area contributed by atoms with E-state index in [1.54, 1.807) is 0 Å². The lowest BCUT2D eigenvalue weighted by atomic mass is 9.72. The summed E-state index contributed by atoms with van der Waals surface area (Å²) in [6.45, 7) is 10.1. The summed E-state index contributed by atoms with van der Waals surface area (Å²) in [5.74, 6) is 0.804. The van der Waals surface area contributed by atoms with Crippen molar-refractivity contribution in [2.45, 2.75) is 66.2 Å². The van der Waals surface area contributed by atoms with Crippen LogP contribution in [0.2, 0.25) is 0 Å². The van der Waals surface area contributed by atoms with E-state index in [2.05, 4.69) is 27.7 Å². The zero-order chi connectivity index (χ0) is 11.0. The molecule has 1 nitrogen and oxygen atoms in total. The first-order chi connectivity index (χ1) is 6.60. The molecule has 1 heteroatoms. The summed E-state index contributed by atoms with van der Waals surface area (Å²) in [6, 6.07) is 0. The van der Waals surface area contributed by atoms with Crippen LogP contribution < -0.4 is 5.73 Å². The topological polar surface area (TPSA) is 26.0 Å². The van der Waals surface area contributed by atoms with Crippen LogP contribution in [0.15, 0.2) is 0 Å². The van der Waals surface area contributed by atoms with Crippen LogP contribution in [0.5, 0.6) is 0 Å². The lowest BCUT2D eigenvalue weighted by Crippen LogP contribution is -2.25. The Kier molecular flexibility index (Phi) is 7.26. The van der Waals surface area contributed by atoms with E-state index >= 15 is 0 Å². The van der Waals surface area contributed by atoms with E-state index in [4.69, 9.17) is 5.73 Å². The molecule has 86 valence electrons. The average Bonchev–Trinajstić information content (AvgIpc) is 2.14. The second-order valence-electron chi connectivity index (χ2n) is 5.09. The molecule has 1 unspecified atom stereocenters. The summed E-state index contributed by atoms with van der Waals surface area (Å²) in [5, 5.41) is 0. The van der Waals surface area contributed by atoms with Gasteiger partial charge in [0.2, 0.25) is 0 Å². The molecule has 0 aliphatic carbocycles. The molecule has 0 saturated carbocycles. The van der Waals surface area contributed by atoms with E-state index in [9.17, 15) is 0 Å². The van der Waals surface area contributed by atoms with E-state index in [0.29, 0.717) is 5.41 Å². The van der Waals surface area contributed by atoms with E-state index in [-0.39, 0.29) is 0 Å². The molecule has 0 spiro atoms. The fourth-order valence-electron chi connectivity index (χ4n) is 2.55. The van der Waals surface area contributed by atoms with Gasteiger partial charge in [0.05, 0.1) is 0 Å². The molecule has 0 aliphatic heterocycles. The van der Waals surface area contributed by atoms with Crippen molar-refractivity contribution >= 4 is 0 Å². The van der Waals surface area contributed by atoms with Crippen LogP contribution in [0.25, 0.3) is 0 Å². The quantitative estimate of drug-likeness (QED) is 0.629. The summed E-state index contributed by atoms with van der Waals surface area (Å²) in [7, 11) is 0. The van der Waals surface area contributed by atoms with Crippen molar-refractivity contribution in [1.29, 1.82) is 0 Å². The van der Waals surface area contributed by atoms with Gasteiger partial charge < -0.3 is 5.73 Å². The molecular weight excluding hydrogens is 170 g/mol. The summed E-state index contributed by atoms with van der Waals surface area (Å²) in [4.78, 5) is 0. The zero-order valence-corrected chi connectivity index (χ0v) is 10.6. The highest BCUT2D eigenvalue weighted by Gasteiger charge is 2.27. The molecule has 0 aromatic rings. The van der Waals surface area contributed by atoms with Crippen LogP contribution in [0.3, 0.4) is 0 Å². The Balaban J connectivity index is 4.26. The maximum atomic E-state index is 5.74. The molecule has 0 aromatic carbocycles. The first kappa shape index (κ1) is 14.0. The Morgan fingerprint density at radius 1 is 1.14 bits per heavy atom. The molecule has 0 saturated heterocycles. The molecular formula is C13H29N. The monoisotopic (exact) mass is 199 g/mol. The predicted molar refractivity (Wildman–Crippen MR) is 65.4 cm³/mol. The number of unbranched alkanes of at least 4 members (excludes halogenated alkanes) is 1. The van der Waals surface area contributed by atoms with Crippen LogP contribution in [0.4, 0.5) is 0 Å². The first-order valence-corrected chi connectivity index (χ1v) is 6.30. The van der Waals surface area contributed by atoms with Crippen molar-refractivity contribution < 1.29 is 0 Å². The fraction of sp³-hybridized carbons (Fsp3) is 1.00. The van der Waals surface area contributed by atoms with E-state index in [1.165, 1.54) is 38.5 Å². The third kappa shape index (κ3) is 4.99. The molecule has 2 N–H and O–H groups in total. The van der Waals surface area contributed by atoms with Gasteiger partial charge in [-0.2, -0.15) is 0 Å². The predicted octanol–water partition coefficient (Wildman–Crippen LogP) is 3.97. The summed E-state index contributed by atoms with van der Waals surface area (Å²) in [6.07, 6.45) is 7.89. The van der Waals surface area contributed by atoms with Crippen molar-refractivity contribution in [1.82, 2.24) is 0 Å². The second-order valence-corrected chi connectivity index (χ2v) is 5.09. The average molecular weight is 199 g/mol. The molecule has 0 aliphatic rings. The van der Waals surface area contributed by atoms with Gasteiger partial charge in [0.15, 0.2) is 0 Å². The standard InChI is InChI=1S/C13H29N/c1-5-7-8-13(6-2,9-10-14)11-12(3)4/h12H,5-11,14H2,1-4H3. The molecule has 0 heterocycles. The molecule has 0 aromatic heterocycles. The van der Waals surface area contributed by atoms with Gasteiger partial charge in [-0.15, -0.1) is 0 Å². The Hall–Kier alpha value is -0.0400. The Morgan fingerprint density at radius 3 is 2.14 bits per heavy atom. The molecule has 0 bridgehead atoms. The minimum Gasteiger partial charge on any atom is -0.330 e. The minimum absolute atomic E-state index is 0.541. The van der Waals surface area contributed by atoms with Gasteiger partial charge in [-0.3, -0.25) is 0 Å². The third-order valence-electron chi connectivity index (χ3n) is 3.33. The highest BCUT2D eigenvalue weighted by molar-refractivity contribution is 4.79. The second kappa shape index (κ2) is 7.28. The van der Waals surface area contributed by atoms with Crippen LogP contribution in [-0.2, 0) is 0 Å². The number of hydrogen-bond acceptors (Lipinski definition) is 1. The van der Waals surface area contributed by atoms with E-state index < -0.39 is 0 Å². The van der Waals surface area contributed by atoms with Gasteiger partial charge in [0.25, 0.3) is 0 Å². The molecule has 0 fully saturated rings. The van der Waals surface area contributed by atoms with Crippen molar-refractivity contribution in [3.8, 4) is 0 Å². The zero-order valence-electron chi connectivity index (χ0n) is 10.6. The van der Waals surface area contributed by atoms with Crippen LogP contribution in [0.1, 0.15) is 66.2 Å². The number of rotatable bonds is 8. The summed E-state index contributed by atoms with van der Waals surface area (Å²) in [5.41, 5.74) is 6.28. The lowest BCUT2D eigenvalue weighted by molar-refractivity contribution is 0.179. The minimum atomic E-state index is 0.541. The van der Waals surface area contributed by atoms with Gasteiger partial charge >= 0.3 is 0 Å². The number of nitrogens with two attached hydrogens (primary N) is 1. The fourth-order valence-corrected chi connectivity index (χ4v) is 2.55. The lowest BCUT2D eigenvalue weighted by Gasteiger charge is -2.34. The van der Waals surface area contributed by atoms with Crippen molar-refractivity contribution in [3.63, 3.8) is 0 Å². The first-order valence-electron chi connectivity index (χ1n) is 6.30. The Morgan fingerprint density at radius 2 is 1.79 bits per heavy atom. The maximum absolute atomic E-state index is 5.74. The van der Waals surface area contributed by atoms with Gasteiger partial charge in [-0.25, -0.2) is 0 Å². The van der Waals surface area contributed by atoms with Gasteiger partial charge in [-0.05, 0) is 37.1 Å². The van der Waals surface area contributed by atoms with Crippen LogP contribution in [-0.4, -0.2) is 6.54 Å².